The molecule has 0 saturated carbocycles. The lowest BCUT2D eigenvalue weighted by Gasteiger charge is -2.15. The summed E-state index contributed by atoms with van der Waals surface area (Å²) in [6.07, 6.45) is 4.38. The molecule has 1 aliphatic carbocycles. The molecule has 2 aromatic heterocycles. The third-order valence-corrected chi connectivity index (χ3v) is 4.59. The number of nitrogens with zero attached hydrogens (tertiary/aromatic N) is 3. The number of para-hydroxylation sites is 1. The second-order valence-corrected chi connectivity index (χ2v) is 6.33. The first-order chi connectivity index (χ1) is 12.1. The zero-order valence-electron chi connectivity index (χ0n) is 13.9. The van der Waals surface area contributed by atoms with Gasteiger partial charge in [-0.25, -0.2) is 4.68 Å². The second-order valence-electron chi connectivity index (χ2n) is 6.33. The first-order valence-electron chi connectivity index (χ1n) is 8.39. The molecule has 4 rings (SSSR count). The number of nitrogens with one attached hydrogen (secondary N) is 1. The lowest BCUT2D eigenvalue weighted by atomic mass is 10.2. The number of hydrogen-bond acceptors (Lipinski definition) is 4. The van der Waals surface area contributed by atoms with Crippen LogP contribution in [0.5, 0.6) is 0 Å². The molecule has 1 aromatic carbocycles. The Morgan fingerprint density at radius 1 is 1.24 bits per heavy atom. The fourth-order valence-electron chi connectivity index (χ4n) is 3.19. The lowest BCUT2D eigenvalue weighted by molar-refractivity contribution is -0.119. The Labute approximate surface area is 144 Å². The number of fused-ring (bicyclic) bond motifs is 2. The van der Waals surface area contributed by atoms with Crippen LogP contribution in [0.1, 0.15) is 30.6 Å². The molecule has 0 radical (unpaired) electrons. The minimum atomic E-state index is -0.690. The van der Waals surface area contributed by atoms with Crippen LogP contribution in [0, 0.1) is 0 Å². The van der Waals surface area contributed by atoms with Crippen molar-refractivity contribution in [3.8, 4) is 0 Å². The van der Waals surface area contributed by atoms with Gasteiger partial charge in [0.05, 0.1) is 23.1 Å². The number of aromatic nitrogens is 3. The molecule has 2 heterocycles. The van der Waals surface area contributed by atoms with Crippen LogP contribution >= 0.6 is 0 Å². The second kappa shape index (κ2) is 6.12. The fraction of sp³-hybridized carbons (Fsp3) is 0.263. The van der Waals surface area contributed by atoms with Crippen molar-refractivity contribution in [3.63, 3.8) is 0 Å². The molecular formula is C19H18N4O2. The van der Waals surface area contributed by atoms with E-state index in [0.717, 1.165) is 41.4 Å². The van der Waals surface area contributed by atoms with Gasteiger partial charge >= 0.3 is 0 Å². The van der Waals surface area contributed by atoms with Crippen LogP contribution in [0.25, 0.3) is 10.9 Å². The van der Waals surface area contributed by atoms with E-state index in [9.17, 15) is 9.59 Å². The van der Waals surface area contributed by atoms with Crippen molar-refractivity contribution in [2.75, 3.05) is 5.32 Å². The van der Waals surface area contributed by atoms with E-state index in [0.29, 0.717) is 5.69 Å². The third kappa shape index (κ3) is 2.91. The summed E-state index contributed by atoms with van der Waals surface area (Å²) in [7, 11) is 0. The summed E-state index contributed by atoms with van der Waals surface area (Å²) in [5, 5.41) is 8.16. The smallest absolute Gasteiger partial charge is 0.267 e. The molecule has 6 nitrogen and oxygen atoms in total. The SMILES string of the molecule is C[C@@H](C(=O)Nc1cnc2ccccc2c1)n1nc2c(cc1=O)CCC2. The standard InChI is InChI=1S/C19H18N4O2/c1-12(23-18(24)10-14-6-4-8-17(14)22-23)19(25)21-15-9-13-5-2-3-7-16(13)20-11-15/h2-3,5,7,9-12H,4,6,8H2,1H3,(H,21,25)/t12-/m0/s1. The number of rotatable bonds is 3. The van der Waals surface area contributed by atoms with Crippen molar-refractivity contribution in [1.29, 1.82) is 0 Å². The van der Waals surface area contributed by atoms with Crippen LogP contribution in [-0.4, -0.2) is 20.7 Å². The van der Waals surface area contributed by atoms with E-state index in [-0.39, 0.29) is 11.5 Å². The molecule has 0 spiro atoms. The van der Waals surface area contributed by atoms with Gasteiger partial charge in [-0.3, -0.25) is 14.6 Å². The molecule has 1 atom stereocenters. The van der Waals surface area contributed by atoms with Crippen molar-refractivity contribution in [2.24, 2.45) is 0 Å². The molecule has 3 aromatic rings. The highest BCUT2D eigenvalue weighted by Crippen LogP contribution is 2.19. The molecule has 0 saturated heterocycles. The van der Waals surface area contributed by atoms with E-state index in [2.05, 4.69) is 15.4 Å². The normalized spacial score (nSPS) is 14.3. The van der Waals surface area contributed by atoms with Crippen LogP contribution < -0.4 is 10.9 Å². The zero-order valence-corrected chi connectivity index (χ0v) is 13.9. The number of anilines is 1. The molecule has 25 heavy (non-hydrogen) atoms. The van der Waals surface area contributed by atoms with E-state index in [1.807, 2.05) is 30.3 Å². The minimum Gasteiger partial charge on any atom is -0.323 e. The van der Waals surface area contributed by atoms with Crippen LogP contribution in [0.2, 0.25) is 0 Å². The van der Waals surface area contributed by atoms with Crippen molar-refractivity contribution >= 4 is 22.5 Å². The van der Waals surface area contributed by atoms with Gasteiger partial charge in [-0.15, -0.1) is 0 Å². The summed E-state index contributed by atoms with van der Waals surface area (Å²) in [5.74, 6) is -0.287. The maximum Gasteiger partial charge on any atom is 0.267 e. The molecule has 1 N–H and O–H groups in total. The lowest BCUT2D eigenvalue weighted by Crippen LogP contribution is -2.34. The van der Waals surface area contributed by atoms with Crippen molar-refractivity contribution < 1.29 is 4.79 Å². The number of carbonyl (C=O) groups is 1. The quantitative estimate of drug-likeness (QED) is 0.798. The Morgan fingerprint density at radius 2 is 2.08 bits per heavy atom. The molecule has 1 amide bonds. The summed E-state index contributed by atoms with van der Waals surface area (Å²) in [6.45, 7) is 1.68. The van der Waals surface area contributed by atoms with Crippen LogP contribution in [-0.2, 0) is 17.6 Å². The summed E-state index contributed by atoms with van der Waals surface area (Å²) in [6, 6.07) is 10.5. The number of amides is 1. The Morgan fingerprint density at radius 3 is 2.96 bits per heavy atom. The van der Waals surface area contributed by atoms with Crippen molar-refractivity contribution in [3.05, 3.63) is 64.2 Å². The Hall–Kier alpha value is -3.02. The Kier molecular flexibility index (Phi) is 3.80. The van der Waals surface area contributed by atoms with Gasteiger partial charge in [0.2, 0.25) is 5.91 Å². The minimum absolute atomic E-state index is 0.236. The van der Waals surface area contributed by atoms with Gasteiger partial charge in [-0.1, -0.05) is 18.2 Å². The van der Waals surface area contributed by atoms with Gasteiger partial charge in [0.15, 0.2) is 0 Å². The highest BCUT2D eigenvalue weighted by molar-refractivity contribution is 5.95. The topological polar surface area (TPSA) is 76.9 Å². The molecule has 0 unspecified atom stereocenters. The monoisotopic (exact) mass is 334 g/mol. The van der Waals surface area contributed by atoms with E-state index >= 15 is 0 Å². The molecule has 0 aliphatic heterocycles. The predicted molar refractivity (Wildman–Crippen MR) is 95.6 cm³/mol. The number of hydrogen-bond donors (Lipinski definition) is 1. The molecule has 6 heteroatoms. The first kappa shape index (κ1) is 15.5. The fourth-order valence-corrected chi connectivity index (χ4v) is 3.19. The maximum absolute atomic E-state index is 12.6. The molecule has 0 fully saturated rings. The Bertz CT molecular complexity index is 1030. The van der Waals surface area contributed by atoms with E-state index in [1.165, 1.54) is 4.68 Å². The molecule has 126 valence electrons. The molecule has 0 bridgehead atoms. The van der Waals surface area contributed by atoms with E-state index in [1.54, 1.807) is 19.2 Å². The van der Waals surface area contributed by atoms with E-state index in [4.69, 9.17) is 0 Å². The predicted octanol–water partition coefficient (Wildman–Crippen LogP) is 2.48. The summed E-state index contributed by atoms with van der Waals surface area (Å²) in [5.41, 5.74) is 3.16. The van der Waals surface area contributed by atoms with Gasteiger partial charge in [-0.2, -0.15) is 5.10 Å². The van der Waals surface area contributed by atoms with Crippen LogP contribution in [0.4, 0.5) is 5.69 Å². The number of aryl methyl sites for hydroxylation is 2. The zero-order chi connectivity index (χ0) is 17.4. The largest absolute Gasteiger partial charge is 0.323 e. The van der Waals surface area contributed by atoms with Gasteiger partial charge < -0.3 is 5.32 Å². The van der Waals surface area contributed by atoms with Crippen LogP contribution in [0.15, 0.2) is 47.4 Å². The molecular weight excluding hydrogens is 316 g/mol. The van der Waals surface area contributed by atoms with Crippen molar-refractivity contribution in [2.45, 2.75) is 32.2 Å². The summed E-state index contributed by atoms with van der Waals surface area (Å²) < 4.78 is 1.27. The molecule has 1 aliphatic rings. The first-order valence-corrected chi connectivity index (χ1v) is 8.39. The highest BCUT2D eigenvalue weighted by atomic mass is 16.2. The Balaban J connectivity index is 1.59. The van der Waals surface area contributed by atoms with Gasteiger partial charge in [0.1, 0.15) is 6.04 Å². The van der Waals surface area contributed by atoms with Gasteiger partial charge in [0.25, 0.3) is 5.56 Å². The average Bonchev–Trinajstić information content (AvgIpc) is 3.07. The summed E-state index contributed by atoms with van der Waals surface area (Å²) in [4.78, 5) is 29.2. The third-order valence-electron chi connectivity index (χ3n) is 4.59. The van der Waals surface area contributed by atoms with Crippen molar-refractivity contribution in [1.82, 2.24) is 14.8 Å². The number of carbonyl (C=O) groups excluding carboxylic acids is 1. The van der Waals surface area contributed by atoms with Crippen LogP contribution in [0.3, 0.4) is 0 Å². The van der Waals surface area contributed by atoms with E-state index < -0.39 is 6.04 Å². The number of pyridine rings is 1. The average molecular weight is 334 g/mol. The van der Waals surface area contributed by atoms with Gasteiger partial charge in [-0.05, 0) is 43.9 Å². The highest BCUT2D eigenvalue weighted by Gasteiger charge is 2.21. The maximum atomic E-state index is 12.6. The van der Waals surface area contributed by atoms with Gasteiger partial charge in [0, 0.05) is 11.5 Å². The summed E-state index contributed by atoms with van der Waals surface area (Å²) >= 11 is 0. The number of benzene rings is 1.